The van der Waals surface area contributed by atoms with Gasteiger partial charge in [-0.1, -0.05) is 49.1 Å². The number of aryl methyl sites for hydroxylation is 1. The van der Waals surface area contributed by atoms with Crippen LogP contribution in [0.4, 0.5) is 5.69 Å². The number of anilines is 1. The molecule has 2 aliphatic rings. The van der Waals surface area contributed by atoms with Gasteiger partial charge in [0.25, 0.3) is 0 Å². The van der Waals surface area contributed by atoms with Crippen molar-refractivity contribution in [2.75, 3.05) is 30.3 Å². The van der Waals surface area contributed by atoms with Crippen LogP contribution < -0.4 is 19.1 Å². The first kappa shape index (κ1) is 29.7. The lowest BCUT2D eigenvalue weighted by atomic mass is 9.95. The fraction of sp³-hybridized carbons (Fsp3) is 0.533. The van der Waals surface area contributed by atoms with Gasteiger partial charge in [0, 0.05) is 31.6 Å². The van der Waals surface area contributed by atoms with Gasteiger partial charge >= 0.3 is 0 Å². The average Bonchev–Trinajstić information content (AvgIpc) is 2.94. The van der Waals surface area contributed by atoms with E-state index >= 15 is 0 Å². The lowest BCUT2D eigenvalue weighted by molar-refractivity contribution is -0.141. The molecule has 1 atom stereocenters. The number of sulfonamides is 1. The summed E-state index contributed by atoms with van der Waals surface area (Å²) in [4.78, 5) is 28.4. The lowest BCUT2D eigenvalue weighted by Crippen LogP contribution is -2.50. The molecule has 0 saturated heterocycles. The molecular weight excluding hydrogens is 530 g/mol. The van der Waals surface area contributed by atoms with E-state index in [1.807, 2.05) is 31.2 Å². The van der Waals surface area contributed by atoms with Gasteiger partial charge in [-0.2, -0.15) is 0 Å². The van der Waals surface area contributed by atoms with E-state index in [2.05, 4.69) is 5.32 Å². The van der Waals surface area contributed by atoms with E-state index in [-0.39, 0.29) is 30.8 Å². The molecule has 2 aromatic carbocycles. The van der Waals surface area contributed by atoms with Crippen LogP contribution in [0.1, 0.15) is 63.0 Å². The quantitative estimate of drug-likeness (QED) is 0.434. The summed E-state index contributed by atoms with van der Waals surface area (Å²) in [5.74, 6) is 0.727. The van der Waals surface area contributed by atoms with Crippen molar-refractivity contribution >= 4 is 27.5 Å². The molecule has 1 fully saturated rings. The van der Waals surface area contributed by atoms with Crippen molar-refractivity contribution in [3.63, 3.8) is 0 Å². The van der Waals surface area contributed by atoms with Crippen LogP contribution >= 0.6 is 0 Å². The number of benzene rings is 2. The standard InChI is InChI=1S/C30H41N3O6S/c1-22-11-13-24(14-12-22)21-32(23(2)30(35)31-25-8-5-4-6-9-25)29(34)10-7-17-33(40(3,36)37)26-15-16-27-28(20-26)39-19-18-38-27/h11-16,20,23,25H,4-10,17-19,21H2,1-3H3,(H,31,35)/t23-/m1/s1. The van der Waals surface area contributed by atoms with E-state index in [1.165, 1.54) is 10.7 Å². The maximum Gasteiger partial charge on any atom is 0.242 e. The molecule has 10 heteroatoms. The minimum Gasteiger partial charge on any atom is -0.486 e. The van der Waals surface area contributed by atoms with Crippen molar-refractivity contribution in [1.29, 1.82) is 0 Å². The highest BCUT2D eigenvalue weighted by atomic mass is 32.2. The Bertz CT molecular complexity index is 1270. The Hall–Kier alpha value is -3.27. The predicted molar refractivity (Wildman–Crippen MR) is 155 cm³/mol. The highest BCUT2D eigenvalue weighted by Gasteiger charge is 2.28. The zero-order valence-corrected chi connectivity index (χ0v) is 24.5. The lowest BCUT2D eigenvalue weighted by Gasteiger charge is -2.31. The molecule has 4 rings (SSSR count). The number of hydrogen-bond acceptors (Lipinski definition) is 6. The fourth-order valence-electron chi connectivity index (χ4n) is 5.23. The number of nitrogens with zero attached hydrogens (tertiary/aromatic N) is 2. The van der Waals surface area contributed by atoms with Crippen LogP contribution in [0.25, 0.3) is 0 Å². The Morgan fingerprint density at radius 2 is 1.68 bits per heavy atom. The van der Waals surface area contributed by atoms with Crippen molar-refractivity contribution in [2.24, 2.45) is 0 Å². The number of carbonyl (C=O) groups excluding carboxylic acids is 2. The van der Waals surface area contributed by atoms with E-state index in [0.29, 0.717) is 43.4 Å². The number of rotatable bonds is 11. The highest BCUT2D eigenvalue weighted by molar-refractivity contribution is 7.92. The van der Waals surface area contributed by atoms with Gasteiger partial charge < -0.3 is 19.7 Å². The molecule has 1 aliphatic carbocycles. The summed E-state index contributed by atoms with van der Waals surface area (Å²) in [6.07, 6.45) is 6.86. The molecule has 1 heterocycles. The Morgan fingerprint density at radius 1 is 1.00 bits per heavy atom. The monoisotopic (exact) mass is 571 g/mol. The molecule has 0 spiro atoms. The van der Waals surface area contributed by atoms with Gasteiger partial charge in [0.1, 0.15) is 19.3 Å². The SMILES string of the molecule is Cc1ccc(CN(C(=O)CCCN(c2ccc3c(c2)OCCO3)S(C)(=O)=O)[C@H](C)C(=O)NC2CCCCC2)cc1. The van der Waals surface area contributed by atoms with Crippen molar-refractivity contribution in [1.82, 2.24) is 10.2 Å². The molecule has 1 N–H and O–H groups in total. The molecule has 1 saturated carbocycles. The maximum absolute atomic E-state index is 13.6. The smallest absolute Gasteiger partial charge is 0.242 e. The van der Waals surface area contributed by atoms with Crippen molar-refractivity contribution in [3.8, 4) is 11.5 Å². The molecule has 9 nitrogen and oxygen atoms in total. The van der Waals surface area contributed by atoms with Gasteiger partial charge in [-0.05, 0) is 50.8 Å². The first-order valence-corrected chi connectivity index (χ1v) is 16.0. The third-order valence-corrected chi connectivity index (χ3v) is 8.75. The zero-order valence-electron chi connectivity index (χ0n) is 23.7. The third-order valence-electron chi connectivity index (χ3n) is 7.56. The van der Waals surface area contributed by atoms with Gasteiger partial charge in [0.05, 0.1) is 11.9 Å². The first-order chi connectivity index (χ1) is 19.1. The van der Waals surface area contributed by atoms with Crippen LogP contribution in [0.5, 0.6) is 11.5 Å². The average molecular weight is 572 g/mol. The second-order valence-electron chi connectivity index (χ2n) is 10.8. The van der Waals surface area contributed by atoms with Crippen LogP contribution in [0, 0.1) is 6.92 Å². The van der Waals surface area contributed by atoms with E-state index in [0.717, 1.165) is 43.1 Å². The van der Waals surface area contributed by atoms with Gasteiger partial charge in [-0.3, -0.25) is 13.9 Å². The minimum atomic E-state index is -3.61. The van der Waals surface area contributed by atoms with E-state index < -0.39 is 16.1 Å². The van der Waals surface area contributed by atoms with Crippen molar-refractivity contribution in [2.45, 2.75) is 77.4 Å². The second-order valence-corrected chi connectivity index (χ2v) is 12.7. The van der Waals surface area contributed by atoms with Gasteiger partial charge in [-0.25, -0.2) is 8.42 Å². The van der Waals surface area contributed by atoms with Gasteiger partial charge in [0.2, 0.25) is 21.8 Å². The highest BCUT2D eigenvalue weighted by Crippen LogP contribution is 2.34. The van der Waals surface area contributed by atoms with Crippen molar-refractivity contribution < 1.29 is 27.5 Å². The normalized spacial score (nSPS) is 16.2. The summed E-state index contributed by atoms with van der Waals surface area (Å²) < 4.78 is 37.8. The molecule has 2 aromatic rings. The fourth-order valence-corrected chi connectivity index (χ4v) is 6.19. The number of nitrogens with one attached hydrogen (secondary N) is 1. The molecule has 0 aromatic heterocycles. The minimum absolute atomic E-state index is 0.101. The summed E-state index contributed by atoms with van der Waals surface area (Å²) in [6, 6.07) is 12.4. The number of carbonyl (C=O) groups is 2. The number of ether oxygens (including phenoxy) is 2. The Morgan fingerprint density at radius 3 is 2.35 bits per heavy atom. The number of fused-ring (bicyclic) bond motifs is 1. The van der Waals surface area contributed by atoms with Crippen LogP contribution in [-0.4, -0.2) is 63.2 Å². The van der Waals surface area contributed by atoms with E-state index in [1.54, 1.807) is 30.0 Å². The molecule has 218 valence electrons. The van der Waals surface area contributed by atoms with Crippen molar-refractivity contribution in [3.05, 3.63) is 53.6 Å². The largest absolute Gasteiger partial charge is 0.486 e. The molecule has 2 amide bonds. The number of hydrogen-bond donors (Lipinski definition) is 1. The molecule has 40 heavy (non-hydrogen) atoms. The van der Waals surface area contributed by atoms with Gasteiger partial charge in [-0.15, -0.1) is 0 Å². The van der Waals surface area contributed by atoms with Crippen LogP contribution in [0.3, 0.4) is 0 Å². The Kier molecular flexibility index (Phi) is 9.95. The van der Waals surface area contributed by atoms with Crippen LogP contribution in [0.15, 0.2) is 42.5 Å². The predicted octanol–water partition coefficient (Wildman–Crippen LogP) is 4.18. The molecule has 0 unspecified atom stereocenters. The van der Waals surface area contributed by atoms with Crippen LogP contribution in [0.2, 0.25) is 0 Å². The van der Waals surface area contributed by atoms with Gasteiger partial charge in [0.15, 0.2) is 11.5 Å². The maximum atomic E-state index is 13.6. The summed E-state index contributed by atoms with van der Waals surface area (Å²) >= 11 is 0. The number of amides is 2. The third kappa shape index (κ3) is 7.90. The topological polar surface area (TPSA) is 105 Å². The molecule has 0 radical (unpaired) electrons. The van der Waals surface area contributed by atoms with E-state index in [4.69, 9.17) is 9.47 Å². The summed E-state index contributed by atoms with van der Waals surface area (Å²) in [6.45, 7) is 5.03. The Labute approximate surface area is 237 Å². The Balaban J connectivity index is 1.45. The molecular formula is C30H41N3O6S. The molecule has 1 aliphatic heterocycles. The van der Waals surface area contributed by atoms with E-state index in [9.17, 15) is 18.0 Å². The summed E-state index contributed by atoms with van der Waals surface area (Å²) in [7, 11) is -3.61. The second kappa shape index (κ2) is 13.4. The van der Waals surface area contributed by atoms with Crippen LogP contribution in [-0.2, 0) is 26.2 Å². The summed E-state index contributed by atoms with van der Waals surface area (Å²) in [5, 5.41) is 3.15. The molecule has 0 bridgehead atoms. The summed E-state index contributed by atoms with van der Waals surface area (Å²) in [5.41, 5.74) is 2.51. The first-order valence-electron chi connectivity index (χ1n) is 14.1. The zero-order chi connectivity index (χ0) is 28.7.